The minimum Gasteiger partial charge on any atom is -0.465 e. The van der Waals surface area contributed by atoms with Crippen LogP contribution < -0.4 is 10.6 Å². The van der Waals surface area contributed by atoms with Crippen LogP contribution in [-0.2, 0) is 9.53 Å². The molecule has 6 heteroatoms. The first-order chi connectivity index (χ1) is 8.45. The van der Waals surface area contributed by atoms with Crippen molar-refractivity contribution in [3.05, 3.63) is 28.8 Å². The molecule has 0 heterocycles. The molecular formula is C12H15ClN2O2S. The van der Waals surface area contributed by atoms with Crippen molar-refractivity contribution >= 4 is 40.5 Å². The van der Waals surface area contributed by atoms with E-state index in [1.807, 2.05) is 0 Å². The van der Waals surface area contributed by atoms with Crippen molar-refractivity contribution in [3.8, 4) is 0 Å². The van der Waals surface area contributed by atoms with Crippen LogP contribution in [-0.4, -0.2) is 31.2 Å². The van der Waals surface area contributed by atoms with Gasteiger partial charge in [0.05, 0.1) is 6.61 Å². The van der Waals surface area contributed by atoms with Crippen LogP contribution in [0.2, 0.25) is 5.02 Å². The summed E-state index contributed by atoms with van der Waals surface area (Å²) in [5, 5.41) is 0.547. The summed E-state index contributed by atoms with van der Waals surface area (Å²) in [7, 11) is 1.77. The summed E-state index contributed by atoms with van der Waals surface area (Å²) in [5.74, 6) is -0.302. The van der Waals surface area contributed by atoms with Crippen LogP contribution in [0.4, 0.5) is 5.69 Å². The summed E-state index contributed by atoms with van der Waals surface area (Å²) in [6, 6.07) is 5.18. The number of esters is 1. The molecule has 0 fully saturated rings. The molecule has 0 aliphatic rings. The molecule has 98 valence electrons. The second-order valence-corrected chi connectivity index (χ2v) is 4.56. The van der Waals surface area contributed by atoms with E-state index in [2.05, 4.69) is 0 Å². The number of benzene rings is 1. The predicted octanol–water partition coefficient (Wildman–Crippen LogP) is 1.97. The number of ether oxygens (including phenoxy) is 1. The molecule has 1 aromatic carbocycles. The molecule has 0 radical (unpaired) electrons. The summed E-state index contributed by atoms with van der Waals surface area (Å²) in [6.45, 7) is 2.25. The number of nitrogens with two attached hydrogens (primary N) is 1. The van der Waals surface area contributed by atoms with Crippen LogP contribution in [0.3, 0.4) is 0 Å². The standard InChI is InChI=1S/C12H15ClN2O2S/c1-3-17-11(16)7-15(2)10-5-4-8(13)6-9(10)12(14)18/h4-6H,3,7H2,1-2H3,(H2,14,18). The Balaban J connectivity index is 2.94. The molecule has 0 atom stereocenters. The van der Waals surface area contributed by atoms with Gasteiger partial charge in [0, 0.05) is 23.3 Å². The molecule has 2 N–H and O–H groups in total. The number of nitrogens with zero attached hydrogens (tertiary/aromatic N) is 1. The molecule has 0 amide bonds. The topological polar surface area (TPSA) is 55.6 Å². The zero-order chi connectivity index (χ0) is 13.7. The fourth-order valence-corrected chi connectivity index (χ4v) is 1.86. The van der Waals surface area contributed by atoms with E-state index < -0.39 is 0 Å². The Labute approximate surface area is 117 Å². The second kappa shape index (κ2) is 6.56. The minimum atomic E-state index is -0.302. The van der Waals surface area contributed by atoms with Crippen LogP contribution in [0.25, 0.3) is 0 Å². The van der Waals surface area contributed by atoms with Crippen molar-refractivity contribution in [1.29, 1.82) is 0 Å². The Morgan fingerprint density at radius 1 is 1.56 bits per heavy atom. The van der Waals surface area contributed by atoms with Gasteiger partial charge in [-0.2, -0.15) is 0 Å². The van der Waals surface area contributed by atoms with Gasteiger partial charge in [-0.15, -0.1) is 0 Å². The van der Waals surface area contributed by atoms with Gasteiger partial charge in [0.2, 0.25) is 0 Å². The van der Waals surface area contributed by atoms with E-state index in [1.54, 1.807) is 37.1 Å². The molecule has 0 spiro atoms. The molecule has 0 aliphatic carbocycles. The van der Waals surface area contributed by atoms with E-state index in [0.29, 0.717) is 17.2 Å². The van der Waals surface area contributed by atoms with Gasteiger partial charge in [-0.25, -0.2) is 0 Å². The highest BCUT2D eigenvalue weighted by Crippen LogP contribution is 2.23. The Kier molecular flexibility index (Phi) is 5.37. The summed E-state index contributed by atoms with van der Waals surface area (Å²) < 4.78 is 4.89. The molecule has 0 bridgehead atoms. The minimum absolute atomic E-state index is 0.130. The number of hydrogen-bond acceptors (Lipinski definition) is 4. The highest BCUT2D eigenvalue weighted by Gasteiger charge is 2.13. The van der Waals surface area contributed by atoms with Crippen molar-refractivity contribution in [2.75, 3.05) is 25.1 Å². The summed E-state index contributed by atoms with van der Waals surface area (Å²) in [4.78, 5) is 13.4. The zero-order valence-electron chi connectivity index (χ0n) is 10.3. The third-order valence-electron chi connectivity index (χ3n) is 2.31. The van der Waals surface area contributed by atoms with Crippen molar-refractivity contribution in [3.63, 3.8) is 0 Å². The van der Waals surface area contributed by atoms with Crippen molar-refractivity contribution < 1.29 is 9.53 Å². The highest BCUT2D eigenvalue weighted by molar-refractivity contribution is 7.80. The molecule has 0 aromatic heterocycles. The highest BCUT2D eigenvalue weighted by atomic mass is 35.5. The molecule has 0 unspecified atom stereocenters. The Morgan fingerprint density at radius 3 is 2.78 bits per heavy atom. The van der Waals surface area contributed by atoms with Gasteiger partial charge in [-0.05, 0) is 25.1 Å². The van der Waals surface area contributed by atoms with Gasteiger partial charge in [-0.3, -0.25) is 4.79 Å². The number of halogens is 1. The lowest BCUT2D eigenvalue weighted by Crippen LogP contribution is -2.29. The van der Waals surface area contributed by atoms with E-state index in [9.17, 15) is 4.79 Å². The van der Waals surface area contributed by atoms with Crippen LogP contribution in [0, 0.1) is 0 Å². The molecule has 1 aromatic rings. The van der Waals surface area contributed by atoms with Crippen molar-refractivity contribution in [2.24, 2.45) is 5.73 Å². The number of anilines is 1. The van der Waals surface area contributed by atoms with E-state index >= 15 is 0 Å². The summed E-state index contributed by atoms with van der Waals surface area (Å²) in [5.41, 5.74) is 7.03. The number of hydrogen-bond donors (Lipinski definition) is 1. The monoisotopic (exact) mass is 286 g/mol. The van der Waals surface area contributed by atoms with E-state index in [-0.39, 0.29) is 17.5 Å². The largest absolute Gasteiger partial charge is 0.465 e. The Morgan fingerprint density at radius 2 is 2.22 bits per heavy atom. The fraction of sp³-hybridized carbons (Fsp3) is 0.333. The van der Waals surface area contributed by atoms with Crippen LogP contribution >= 0.6 is 23.8 Å². The quantitative estimate of drug-likeness (QED) is 0.662. The number of rotatable bonds is 5. The average Bonchev–Trinajstić information content (AvgIpc) is 2.28. The van der Waals surface area contributed by atoms with Gasteiger partial charge < -0.3 is 15.4 Å². The third kappa shape index (κ3) is 3.85. The maximum atomic E-state index is 11.4. The Bertz CT molecular complexity index is 465. The van der Waals surface area contributed by atoms with Gasteiger partial charge in [0.15, 0.2) is 0 Å². The summed E-state index contributed by atoms with van der Waals surface area (Å²) in [6.07, 6.45) is 0. The SMILES string of the molecule is CCOC(=O)CN(C)c1ccc(Cl)cc1C(N)=S. The maximum absolute atomic E-state index is 11.4. The smallest absolute Gasteiger partial charge is 0.325 e. The van der Waals surface area contributed by atoms with Crippen molar-refractivity contribution in [2.45, 2.75) is 6.92 Å². The van der Waals surface area contributed by atoms with Crippen molar-refractivity contribution in [1.82, 2.24) is 0 Å². The van der Waals surface area contributed by atoms with Gasteiger partial charge >= 0.3 is 5.97 Å². The lowest BCUT2D eigenvalue weighted by atomic mass is 10.1. The average molecular weight is 287 g/mol. The Hall–Kier alpha value is -1.33. The van der Waals surface area contributed by atoms with Crippen LogP contribution in [0.5, 0.6) is 0 Å². The van der Waals surface area contributed by atoms with E-state index in [1.165, 1.54) is 0 Å². The molecular weight excluding hydrogens is 272 g/mol. The first-order valence-electron chi connectivity index (χ1n) is 5.41. The van der Waals surface area contributed by atoms with E-state index in [4.69, 9.17) is 34.3 Å². The third-order valence-corrected chi connectivity index (χ3v) is 2.76. The van der Waals surface area contributed by atoms with E-state index in [0.717, 1.165) is 5.69 Å². The number of thiocarbonyl (C=S) groups is 1. The fourth-order valence-electron chi connectivity index (χ4n) is 1.52. The summed E-state index contributed by atoms with van der Waals surface area (Å²) >= 11 is 10.9. The van der Waals surface area contributed by atoms with Gasteiger partial charge in [0.25, 0.3) is 0 Å². The lowest BCUT2D eigenvalue weighted by Gasteiger charge is -2.21. The molecule has 18 heavy (non-hydrogen) atoms. The predicted molar refractivity (Wildman–Crippen MR) is 77.2 cm³/mol. The number of carbonyl (C=O) groups is 1. The van der Waals surface area contributed by atoms with Gasteiger partial charge in [-0.1, -0.05) is 23.8 Å². The molecule has 1 rings (SSSR count). The second-order valence-electron chi connectivity index (χ2n) is 3.69. The molecule has 0 saturated carbocycles. The van der Waals surface area contributed by atoms with Crippen LogP contribution in [0.1, 0.15) is 12.5 Å². The zero-order valence-corrected chi connectivity index (χ0v) is 11.8. The molecule has 4 nitrogen and oxygen atoms in total. The lowest BCUT2D eigenvalue weighted by molar-refractivity contribution is -0.141. The maximum Gasteiger partial charge on any atom is 0.325 e. The first kappa shape index (κ1) is 14.7. The normalized spacial score (nSPS) is 9.94. The number of likely N-dealkylation sites (N-methyl/N-ethyl adjacent to an activating group) is 1. The molecule has 0 saturated heterocycles. The van der Waals surface area contributed by atoms with Gasteiger partial charge in [0.1, 0.15) is 11.5 Å². The number of carbonyl (C=O) groups excluding carboxylic acids is 1. The van der Waals surface area contributed by atoms with Crippen LogP contribution in [0.15, 0.2) is 18.2 Å². The first-order valence-corrected chi connectivity index (χ1v) is 6.20. The molecule has 0 aliphatic heterocycles.